The van der Waals surface area contributed by atoms with Crippen LogP contribution in [0.3, 0.4) is 0 Å². The van der Waals surface area contributed by atoms with E-state index < -0.39 is 0 Å². The predicted molar refractivity (Wildman–Crippen MR) is 78.1 cm³/mol. The number of hydrogen-bond donors (Lipinski definition) is 2. The van der Waals surface area contributed by atoms with Gasteiger partial charge in [0.05, 0.1) is 6.04 Å². The molecule has 0 fully saturated rings. The third-order valence-corrected chi connectivity index (χ3v) is 3.42. The Morgan fingerprint density at radius 1 is 0.789 bits per heavy atom. The van der Waals surface area contributed by atoms with Crippen molar-refractivity contribution in [1.82, 2.24) is 0 Å². The first-order chi connectivity index (χ1) is 9.27. The molecule has 1 atom stereocenters. The van der Waals surface area contributed by atoms with Gasteiger partial charge in [0.15, 0.2) is 0 Å². The molecule has 3 aromatic rings. The monoisotopic (exact) mass is 249 g/mol. The smallest absolute Gasteiger partial charge is 0.121 e. The van der Waals surface area contributed by atoms with E-state index in [2.05, 4.69) is 0 Å². The third-order valence-electron chi connectivity index (χ3n) is 3.42. The molecule has 0 saturated carbocycles. The van der Waals surface area contributed by atoms with Gasteiger partial charge in [0.2, 0.25) is 0 Å². The Labute approximate surface area is 112 Å². The van der Waals surface area contributed by atoms with Gasteiger partial charge in [0.1, 0.15) is 5.75 Å². The molecule has 3 N–H and O–H groups in total. The molecule has 0 aliphatic rings. The molecule has 0 amide bonds. The van der Waals surface area contributed by atoms with Gasteiger partial charge in [-0.2, -0.15) is 0 Å². The van der Waals surface area contributed by atoms with Gasteiger partial charge in [-0.25, -0.2) is 0 Å². The third kappa shape index (κ3) is 2.07. The van der Waals surface area contributed by atoms with E-state index in [9.17, 15) is 5.11 Å². The van der Waals surface area contributed by atoms with Crippen LogP contribution in [0, 0.1) is 0 Å². The van der Waals surface area contributed by atoms with Crippen molar-refractivity contribution in [3.8, 4) is 5.75 Å². The number of aromatic hydroxyl groups is 1. The van der Waals surface area contributed by atoms with Gasteiger partial charge in [-0.15, -0.1) is 0 Å². The number of phenols is 1. The molecule has 3 rings (SSSR count). The van der Waals surface area contributed by atoms with Gasteiger partial charge in [-0.3, -0.25) is 0 Å². The Morgan fingerprint density at radius 2 is 1.47 bits per heavy atom. The van der Waals surface area contributed by atoms with Crippen LogP contribution < -0.4 is 5.73 Å². The summed E-state index contributed by atoms with van der Waals surface area (Å²) >= 11 is 0. The van der Waals surface area contributed by atoms with Crippen LogP contribution in [0.5, 0.6) is 5.75 Å². The zero-order chi connectivity index (χ0) is 13.2. The van der Waals surface area contributed by atoms with Crippen LogP contribution in [0.15, 0.2) is 66.7 Å². The average Bonchev–Trinajstić information content (AvgIpc) is 2.47. The van der Waals surface area contributed by atoms with E-state index in [4.69, 9.17) is 5.73 Å². The minimum absolute atomic E-state index is 0.245. The quantitative estimate of drug-likeness (QED) is 0.729. The molecule has 19 heavy (non-hydrogen) atoms. The Morgan fingerprint density at radius 3 is 2.26 bits per heavy atom. The highest BCUT2D eigenvalue weighted by molar-refractivity contribution is 5.88. The second kappa shape index (κ2) is 4.75. The zero-order valence-electron chi connectivity index (χ0n) is 10.5. The summed E-state index contributed by atoms with van der Waals surface area (Å²) in [6, 6.07) is 21.1. The predicted octanol–water partition coefficient (Wildman–Crippen LogP) is 3.59. The second-order valence-electron chi connectivity index (χ2n) is 4.61. The van der Waals surface area contributed by atoms with Gasteiger partial charge in [-0.05, 0) is 22.4 Å². The van der Waals surface area contributed by atoms with E-state index >= 15 is 0 Å². The van der Waals surface area contributed by atoms with Gasteiger partial charge in [-0.1, -0.05) is 60.7 Å². The maximum absolute atomic E-state index is 10.2. The summed E-state index contributed by atoms with van der Waals surface area (Å²) in [6.07, 6.45) is 0. The van der Waals surface area contributed by atoms with E-state index in [-0.39, 0.29) is 11.8 Å². The molecule has 0 spiro atoms. The second-order valence-corrected chi connectivity index (χ2v) is 4.61. The summed E-state index contributed by atoms with van der Waals surface area (Å²) in [5, 5.41) is 12.2. The Hall–Kier alpha value is -2.32. The molecule has 0 bridgehead atoms. The summed E-state index contributed by atoms with van der Waals surface area (Å²) in [5.41, 5.74) is 8.10. The molecule has 0 aliphatic carbocycles. The summed E-state index contributed by atoms with van der Waals surface area (Å²) in [4.78, 5) is 0. The lowest BCUT2D eigenvalue weighted by Crippen LogP contribution is -2.12. The molecule has 0 radical (unpaired) electrons. The van der Waals surface area contributed by atoms with Crippen molar-refractivity contribution in [3.63, 3.8) is 0 Å². The SMILES string of the molecule is NC(c1ccccc1)c1c(O)ccc2ccccc12. The number of nitrogens with two attached hydrogens (primary N) is 1. The van der Waals surface area contributed by atoms with Crippen LogP contribution in [0.1, 0.15) is 17.2 Å². The maximum Gasteiger partial charge on any atom is 0.121 e. The normalized spacial score (nSPS) is 12.5. The van der Waals surface area contributed by atoms with E-state index in [1.165, 1.54) is 0 Å². The number of rotatable bonds is 2. The van der Waals surface area contributed by atoms with E-state index in [1.54, 1.807) is 6.07 Å². The molecule has 0 aromatic heterocycles. The molecule has 2 heteroatoms. The Bertz CT molecular complexity index is 707. The molecular formula is C17H15NO. The number of benzene rings is 3. The molecule has 0 saturated heterocycles. The van der Waals surface area contributed by atoms with Crippen LogP contribution in [-0.4, -0.2) is 5.11 Å². The fraction of sp³-hybridized carbons (Fsp3) is 0.0588. The number of fused-ring (bicyclic) bond motifs is 1. The largest absolute Gasteiger partial charge is 0.508 e. The Kier molecular flexibility index (Phi) is 2.94. The highest BCUT2D eigenvalue weighted by Crippen LogP contribution is 2.34. The van der Waals surface area contributed by atoms with Crippen molar-refractivity contribution in [1.29, 1.82) is 0 Å². The first kappa shape index (κ1) is 11.8. The first-order valence-corrected chi connectivity index (χ1v) is 6.28. The summed E-state index contributed by atoms with van der Waals surface area (Å²) < 4.78 is 0. The van der Waals surface area contributed by atoms with Gasteiger partial charge >= 0.3 is 0 Å². The summed E-state index contributed by atoms with van der Waals surface area (Å²) in [7, 11) is 0. The minimum Gasteiger partial charge on any atom is -0.508 e. The molecule has 3 aromatic carbocycles. The number of phenolic OH excluding ortho intramolecular Hbond substituents is 1. The van der Waals surface area contributed by atoms with Gasteiger partial charge in [0.25, 0.3) is 0 Å². The molecule has 94 valence electrons. The summed E-state index contributed by atoms with van der Waals surface area (Å²) in [5.74, 6) is 0.245. The zero-order valence-corrected chi connectivity index (χ0v) is 10.5. The highest BCUT2D eigenvalue weighted by atomic mass is 16.3. The van der Waals surface area contributed by atoms with Crippen LogP contribution in [0.25, 0.3) is 10.8 Å². The van der Waals surface area contributed by atoms with Crippen molar-refractivity contribution >= 4 is 10.8 Å². The van der Waals surface area contributed by atoms with E-state index in [0.29, 0.717) is 0 Å². The molecular weight excluding hydrogens is 234 g/mol. The minimum atomic E-state index is -0.327. The average molecular weight is 249 g/mol. The van der Waals surface area contributed by atoms with Crippen molar-refractivity contribution in [2.75, 3.05) is 0 Å². The van der Waals surface area contributed by atoms with Gasteiger partial charge < -0.3 is 10.8 Å². The van der Waals surface area contributed by atoms with Crippen molar-refractivity contribution < 1.29 is 5.11 Å². The fourth-order valence-electron chi connectivity index (χ4n) is 2.44. The number of hydrogen-bond acceptors (Lipinski definition) is 2. The Balaban J connectivity index is 2.22. The lowest BCUT2D eigenvalue weighted by Gasteiger charge is -2.16. The molecule has 0 aliphatic heterocycles. The van der Waals surface area contributed by atoms with Crippen molar-refractivity contribution in [2.45, 2.75) is 6.04 Å². The van der Waals surface area contributed by atoms with E-state index in [0.717, 1.165) is 21.9 Å². The van der Waals surface area contributed by atoms with Crippen LogP contribution in [0.4, 0.5) is 0 Å². The highest BCUT2D eigenvalue weighted by Gasteiger charge is 2.16. The van der Waals surface area contributed by atoms with Crippen LogP contribution in [-0.2, 0) is 0 Å². The van der Waals surface area contributed by atoms with Crippen molar-refractivity contribution in [3.05, 3.63) is 77.9 Å². The van der Waals surface area contributed by atoms with Crippen LogP contribution >= 0.6 is 0 Å². The van der Waals surface area contributed by atoms with E-state index in [1.807, 2.05) is 60.7 Å². The molecule has 1 unspecified atom stereocenters. The lowest BCUT2D eigenvalue weighted by molar-refractivity contribution is 0.466. The fourth-order valence-corrected chi connectivity index (χ4v) is 2.44. The van der Waals surface area contributed by atoms with Gasteiger partial charge in [0, 0.05) is 5.56 Å². The molecule has 0 heterocycles. The van der Waals surface area contributed by atoms with Crippen LogP contribution in [0.2, 0.25) is 0 Å². The summed E-state index contributed by atoms with van der Waals surface area (Å²) in [6.45, 7) is 0. The first-order valence-electron chi connectivity index (χ1n) is 6.28. The standard InChI is InChI=1S/C17H15NO/c18-17(13-7-2-1-3-8-13)16-14-9-5-4-6-12(14)10-11-15(16)19/h1-11,17,19H,18H2. The topological polar surface area (TPSA) is 46.2 Å². The maximum atomic E-state index is 10.2. The van der Waals surface area contributed by atoms with Crippen molar-refractivity contribution in [2.24, 2.45) is 5.73 Å². The molecule has 2 nitrogen and oxygen atoms in total. The lowest BCUT2D eigenvalue weighted by atomic mass is 9.93.